The molecule has 2 aromatic heterocycles. The number of hydrogen-bond donors (Lipinski definition) is 1. The number of carbonyl (C=O) groups is 2. The van der Waals surface area contributed by atoms with Gasteiger partial charge in [0.05, 0.1) is 18.0 Å². The van der Waals surface area contributed by atoms with E-state index >= 15 is 0 Å². The van der Waals surface area contributed by atoms with E-state index in [1.165, 1.54) is 23.1 Å². The number of aromatic nitrogens is 4. The first-order valence-corrected chi connectivity index (χ1v) is 10.5. The predicted octanol–water partition coefficient (Wildman–Crippen LogP) is 3.33. The average molecular weight is 418 g/mol. The number of carbonyl (C=O) groups excluding carboxylic acids is 2. The fourth-order valence-corrected chi connectivity index (χ4v) is 4.15. The highest BCUT2D eigenvalue weighted by Gasteiger charge is 2.20. The fraction of sp³-hybridized carbons (Fsp3) is 0.278. The van der Waals surface area contributed by atoms with Gasteiger partial charge in [-0.2, -0.15) is 0 Å². The smallest absolute Gasteiger partial charge is 0.350 e. The molecule has 0 saturated carbocycles. The van der Waals surface area contributed by atoms with Gasteiger partial charge in [-0.05, 0) is 35.9 Å². The highest BCUT2D eigenvalue weighted by molar-refractivity contribution is 7.99. The van der Waals surface area contributed by atoms with E-state index < -0.39 is 5.97 Å². The lowest BCUT2D eigenvalue weighted by Gasteiger charge is -2.06. The van der Waals surface area contributed by atoms with Crippen molar-refractivity contribution < 1.29 is 14.3 Å². The lowest BCUT2D eigenvalue weighted by atomic mass is 10.2. The SMILES string of the molecule is CCOC(=O)c1sc(-c2ccccc2)cc1NC(=O)CSc1nnnn1CC. The minimum atomic E-state index is -0.451. The van der Waals surface area contributed by atoms with E-state index in [2.05, 4.69) is 20.8 Å². The summed E-state index contributed by atoms with van der Waals surface area (Å²) >= 11 is 2.53. The van der Waals surface area contributed by atoms with E-state index in [1.807, 2.05) is 37.3 Å². The number of tetrazole rings is 1. The number of nitrogens with one attached hydrogen (secondary N) is 1. The molecule has 0 saturated heterocycles. The molecule has 0 aliphatic rings. The van der Waals surface area contributed by atoms with E-state index in [0.717, 1.165) is 10.4 Å². The first-order chi connectivity index (χ1) is 13.6. The molecular weight excluding hydrogens is 398 g/mol. The Bertz CT molecular complexity index is 955. The highest BCUT2D eigenvalue weighted by atomic mass is 32.2. The number of nitrogens with zero attached hydrogens (tertiary/aromatic N) is 4. The van der Waals surface area contributed by atoms with Gasteiger partial charge in [-0.25, -0.2) is 9.48 Å². The molecule has 0 unspecified atom stereocenters. The number of hydrogen-bond acceptors (Lipinski definition) is 8. The fourth-order valence-electron chi connectivity index (χ4n) is 2.39. The zero-order valence-corrected chi connectivity index (χ0v) is 17.0. The Kier molecular flexibility index (Phi) is 6.77. The third-order valence-electron chi connectivity index (χ3n) is 3.66. The van der Waals surface area contributed by atoms with Crippen LogP contribution in [0.5, 0.6) is 0 Å². The molecule has 0 radical (unpaired) electrons. The van der Waals surface area contributed by atoms with Gasteiger partial charge in [-0.3, -0.25) is 4.79 Å². The van der Waals surface area contributed by atoms with E-state index in [-0.39, 0.29) is 18.3 Å². The van der Waals surface area contributed by atoms with Crippen LogP contribution in [-0.2, 0) is 16.1 Å². The van der Waals surface area contributed by atoms with Crippen molar-refractivity contribution in [3.8, 4) is 10.4 Å². The maximum absolute atomic E-state index is 12.4. The van der Waals surface area contributed by atoms with Gasteiger partial charge in [0.2, 0.25) is 11.1 Å². The van der Waals surface area contributed by atoms with Crippen LogP contribution in [0.2, 0.25) is 0 Å². The first-order valence-electron chi connectivity index (χ1n) is 8.67. The van der Waals surface area contributed by atoms with Crippen LogP contribution in [0.1, 0.15) is 23.5 Å². The van der Waals surface area contributed by atoms with E-state index in [9.17, 15) is 9.59 Å². The van der Waals surface area contributed by atoms with Gasteiger partial charge in [0, 0.05) is 11.4 Å². The van der Waals surface area contributed by atoms with E-state index in [4.69, 9.17) is 4.74 Å². The molecule has 1 amide bonds. The zero-order chi connectivity index (χ0) is 19.9. The van der Waals surface area contributed by atoms with Gasteiger partial charge >= 0.3 is 5.97 Å². The average Bonchev–Trinajstić information content (AvgIpc) is 3.34. The van der Waals surface area contributed by atoms with Crippen LogP contribution in [0, 0.1) is 0 Å². The maximum atomic E-state index is 12.4. The predicted molar refractivity (Wildman–Crippen MR) is 109 cm³/mol. The number of benzene rings is 1. The summed E-state index contributed by atoms with van der Waals surface area (Å²) in [5, 5.41) is 14.7. The Morgan fingerprint density at radius 1 is 1.25 bits per heavy atom. The van der Waals surface area contributed by atoms with Gasteiger partial charge in [0.15, 0.2) is 0 Å². The molecular formula is C18H19N5O3S2. The summed E-state index contributed by atoms with van der Waals surface area (Å²) in [6.07, 6.45) is 0. The van der Waals surface area contributed by atoms with Crippen molar-refractivity contribution in [3.63, 3.8) is 0 Å². The second-order valence-electron chi connectivity index (χ2n) is 5.55. The normalized spacial score (nSPS) is 10.6. The number of aryl methyl sites for hydroxylation is 1. The molecule has 8 nitrogen and oxygen atoms in total. The minimum absolute atomic E-state index is 0.124. The van der Waals surface area contributed by atoms with Crippen molar-refractivity contribution in [2.24, 2.45) is 0 Å². The van der Waals surface area contributed by atoms with Gasteiger partial charge in [-0.15, -0.1) is 16.4 Å². The van der Waals surface area contributed by atoms with Crippen LogP contribution in [0.25, 0.3) is 10.4 Å². The number of anilines is 1. The third-order valence-corrected chi connectivity index (χ3v) is 5.78. The van der Waals surface area contributed by atoms with E-state index in [1.54, 1.807) is 17.7 Å². The molecule has 3 rings (SSSR count). The molecule has 0 aliphatic carbocycles. The van der Waals surface area contributed by atoms with E-state index in [0.29, 0.717) is 22.3 Å². The van der Waals surface area contributed by atoms with Gasteiger partial charge in [0.1, 0.15) is 4.88 Å². The number of amides is 1. The van der Waals surface area contributed by atoms with Gasteiger partial charge in [-0.1, -0.05) is 42.1 Å². The molecule has 1 aromatic carbocycles. The minimum Gasteiger partial charge on any atom is -0.462 e. The Hall–Kier alpha value is -2.72. The largest absolute Gasteiger partial charge is 0.462 e. The lowest BCUT2D eigenvalue weighted by molar-refractivity contribution is -0.113. The Morgan fingerprint density at radius 2 is 2.04 bits per heavy atom. The van der Waals surface area contributed by atoms with Crippen molar-refractivity contribution in [2.75, 3.05) is 17.7 Å². The van der Waals surface area contributed by atoms with Crippen LogP contribution in [-0.4, -0.2) is 44.4 Å². The Labute approximate surface area is 170 Å². The number of rotatable bonds is 8. The topological polar surface area (TPSA) is 99.0 Å². The van der Waals surface area contributed by atoms with Crippen molar-refractivity contribution in [3.05, 3.63) is 41.3 Å². The molecule has 146 valence electrons. The summed E-state index contributed by atoms with van der Waals surface area (Å²) in [6, 6.07) is 11.5. The summed E-state index contributed by atoms with van der Waals surface area (Å²) in [6.45, 7) is 4.55. The summed E-state index contributed by atoms with van der Waals surface area (Å²) < 4.78 is 6.74. The van der Waals surface area contributed by atoms with Crippen molar-refractivity contribution in [1.29, 1.82) is 0 Å². The molecule has 2 heterocycles. The molecule has 28 heavy (non-hydrogen) atoms. The molecule has 1 N–H and O–H groups in total. The maximum Gasteiger partial charge on any atom is 0.350 e. The second kappa shape index (κ2) is 9.47. The van der Waals surface area contributed by atoms with Crippen molar-refractivity contribution in [2.45, 2.75) is 25.5 Å². The molecule has 10 heteroatoms. The number of thiophene rings is 1. The first kappa shape index (κ1) is 20.0. The highest BCUT2D eigenvalue weighted by Crippen LogP contribution is 2.35. The van der Waals surface area contributed by atoms with Crippen LogP contribution >= 0.6 is 23.1 Å². The van der Waals surface area contributed by atoms with Crippen LogP contribution < -0.4 is 5.32 Å². The second-order valence-corrected chi connectivity index (χ2v) is 7.55. The summed E-state index contributed by atoms with van der Waals surface area (Å²) in [5.41, 5.74) is 1.41. The van der Waals surface area contributed by atoms with Crippen molar-refractivity contribution in [1.82, 2.24) is 20.2 Å². The standard InChI is InChI=1S/C18H19N5O3S2/c1-3-23-18(20-21-22-23)27-11-15(24)19-13-10-14(12-8-6-5-7-9-12)28-16(13)17(25)26-4-2/h5-10H,3-4,11H2,1-2H3,(H,19,24). The molecule has 0 spiro atoms. The molecule has 3 aromatic rings. The summed E-state index contributed by atoms with van der Waals surface area (Å²) in [5.74, 6) is -0.578. The third kappa shape index (κ3) is 4.76. The summed E-state index contributed by atoms with van der Waals surface area (Å²) in [7, 11) is 0. The molecule has 0 aliphatic heterocycles. The summed E-state index contributed by atoms with van der Waals surface area (Å²) in [4.78, 5) is 26.0. The Morgan fingerprint density at radius 3 is 2.75 bits per heavy atom. The van der Waals surface area contributed by atoms with Crippen LogP contribution in [0.3, 0.4) is 0 Å². The number of ether oxygens (including phenoxy) is 1. The molecule has 0 atom stereocenters. The number of thioether (sulfide) groups is 1. The van der Waals surface area contributed by atoms with Gasteiger partial charge < -0.3 is 10.1 Å². The number of esters is 1. The molecule has 0 fully saturated rings. The monoisotopic (exact) mass is 417 g/mol. The van der Waals surface area contributed by atoms with Crippen molar-refractivity contribution >= 4 is 40.7 Å². The molecule has 0 bridgehead atoms. The Balaban J connectivity index is 1.76. The van der Waals surface area contributed by atoms with Gasteiger partial charge in [0.25, 0.3) is 0 Å². The van der Waals surface area contributed by atoms with Crippen LogP contribution in [0.15, 0.2) is 41.6 Å². The lowest BCUT2D eigenvalue weighted by Crippen LogP contribution is -2.16. The zero-order valence-electron chi connectivity index (χ0n) is 15.4. The quantitative estimate of drug-likeness (QED) is 0.443. The van der Waals surface area contributed by atoms with Crippen LogP contribution in [0.4, 0.5) is 5.69 Å².